The van der Waals surface area contributed by atoms with Gasteiger partial charge in [0.25, 0.3) is 17.2 Å². The summed E-state index contributed by atoms with van der Waals surface area (Å²) in [6.45, 7) is 5.32. The second-order valence-electron chi connectivity index (χ2n) is 8.46. The second-order valence-corrected chi connectivity index (χ2v) is 8.89. The first-order valence-electron chi connectivity index (χ1n) is 10.9. The van der Waals surface area contributed by atoms with E-state index >= 15 is 0 Å². The molecule has 1 amide bonds. The summed E-state index contributed by atoms with van der Waals surface area (Å²) < 4.78 is 1.49. The average Bonchev–Trinajstić information content (AvgIpc) is 2.83. The van der Waals surface area contributed by atoms with Crippen LogP contribution >= 0.6 is 11.6 Å². The number of halogens is 1. The molecule has 4 rings (SSSR count). The number of nitro benzene ring substituents is 1. The van der Waals surface area contributed by atoms with Crippen LogP contribution in [-0.4, -0.2) is 32.3 Å². The highest BCUT2D eigenvalue weighted by Crippen LogP contribution is 2.26. The van der Waals surface area contributed by atoms with E-state index in [-0.39, 0.29) is 16.8 Å². The lowest BCUT2D eigenvalue weighted by Crippen LogP contribution is -2.35. The van der Waals surface area contributed by atoms with Gasteiger partial charge in [0.2, 0.25) is 0 Å². The lowest BCUT2D eigenvalue weighted by Gasteiger charge is -2.27. The van der Waals surface area contributed by atoms with Gasteiger partial charge in [-0.25, -0.2) is 4.98 Å². The van der Waals surface area contributed by atoms with E-state index in [2.05, 4.69) is 0 Å². The summed E-state index contributed by atoms with van der Waals surface area (Å²) in [6.07, 6.45) is 0. The van der Waals surface area contributed by atoms with Crippen LogP contribution in [0.4, 0.5) is 5.69 Å². The highest BCUT2D eigenvalue weighted by Gasteiger charge is 2.26. The molecule has 8 nitrogen and oxygen atoms in total. The molecule has 1 heterocycles. The van der Waals surface area contributed by atoms with Crippen LogP contribution in [0.2, 0.25) is 5.02 Å². The van der Waals surface area contributed by atoms with E-state index in [1.807, 2.05) is 31.2 Å². The number of aromatic nitrogens is 2. The van der Waals surface area contributed by atoms with Crippen LogP contribution in [0.25, 0.3) is 16.6 Å². The zero-order valence-electron chi connectivity index (χ0n) is 19.7. The fourth-order valence-corrected chi connectivity index (χ4v) is 4.06. The van der Waals surface area contributed by atoms with Crippen molar-refractivity contribution in [1.82, 2.24) is 14.5 Å². The fourth-order valence-electron chi connectivity index (χ4n) is 3.89. The van der Waals surface area contributed by atoms with Gasteiger partial charge in [0.1, 0.15) is 5.82 Å². The zero-order valence-corrected chi connectivity index (χ0v) is 20.4. The largest absolute Gasteiger partial charge is 0.332 e. The highest BCUT2D eigenvalue weighted by atomic mass is 35.5. The molecule has 0 aliphatic rings. The number of hydrogen-bond acceptors (Lipinski definition) is 5. The monoisotopic (exact) mass is 490 g/mol. The van der Waals surface area contributed by atoms with E-state index in [4.69, 9.17) is 16.6 Å². The number of nitro groups is 1. The number of carbonyl (C=O) groups is 1. The number of benzene rings is 3. The lowest BCUT2D eigenvalue weighted by atomic mass is 10.1. The minimum Gasteiger partial charge on any atom is -0.332 e. The van der Waals surface area contributed by atoms with Gasteiger partial charge in [-0.05, 0) is 57.2 Å². The molecule has 0 fully saturated rings. The lowest BCUT2D eigenvalue weighted by molar-refractivity contribution is -0.385. The molecule has 9 heteroatoms. The van der Waals surface area contributed by atoms with Crippen molar-refractivity contribution in [2.24, 2.45) is 0 Å². The quantitative estimate of drug-likeness (QED) is 0.275. The van der Waals surface area contributed by atoms with Crippen LogP contribution in [0.5, 0.6) is 0 Å². The van der Waals surface area contributed by atoms with Crippen LogP contribution in [0.1, 0.15) is 40.3 Å². The Kier molecular flexibility index (Phi) is 6.41. The summed E-state index contributed by atoms with van der Waals surface area (Å²) in [5, 5.41) is 12.2. The van der Waals surface area contributed by atoms with Crippen molar-refractivity contribution >= 4 is 34.1 Å². The third-order valence-corrected chi connectivity index (χ3v) is 6.31. The predicted molar refractivity (Wildman–Crippen MR) is 135 cm³/mol. The van der Waals surface area contributed by atoms with Gasteiger partial charge < -0.3 is 4.90 Å². The van der Waals surface area contributed by atoms with E-state index in [0.717, 1.165) is 5.56 Å². The molecule has 0 radical (unpaired) electrons. The third-order valence-electron chi connectivity index (χ3n) is 6.08. The molecule has 0 saturated heterocycles. The van der Waals surface area contributed by atoms with Gasteiger partial charge in [-0.2, -0.15) is 0 Å². The third kappa shape index (κ3) is 4.52. The summed E-state index contributed by atoms with van der Waals surface area (Å²) in [7, 11) is 1.58. The summed E-state index contributed by atoms with van der Waals surface area (Å²) in [6, 6.07) is 16.0. The number of nitrogens with zero attached hydrogens (tertiary/aromatic N) is 4. The minimum atomic E-state index is -0.653. The second kappa shape index (κ2) is 9.31. The smallest absolute Gasteiger partial charge is 0.273 e. The molecule has 0 spiro atoms. The first-order chi connectivity index (χ1) is 16.6. The van der Waals surface area contributed by atoms with Gasteiger partial charge in [0.15, 0.2) is 0 Å². The van der Waals surface area contributed by atoms with Crippen molar-refractivity contribution in [3.8, 4) is 5.69 Å². The molecular weight excluding hydrogens is 468 g/mol. The molecule has 35 heavy (non-hydrogen) atoms. The number of rotatable bonds is 5. The maximum atomic E-state index is 13.6. The van der Waals surface area contributed by atoms with E-state index in [1.54, 1.807) is 51.2 Å². The maximum absolute atomic E-state index is 13.6. The first kappa shape index (κ1) is 24.1. The molecule has 0 saturated carbocycles. The van der Waals surface area contributed by atoms with E-state index < -0.39 is 16.9 Å². The Bertz CT molecular complexity index is 1530. The van der Waals surface area contributed by atoms with E-state index in [0.29, 0.717) is 33.0 Å². The van der Waals surface area contributed by atoms with Crippen LogP contribution in [0.15, 0.2) is 65.5 Å². The number of carbonyl (C=O) groups excluding carboxylic acids is 1. The van der Waals surface area contributed by atoms with E-state index in [1.165, 1.54) is 15.5 Å². The van der Waals surface area contributed by atoms with Crippen molar-refractivity contribution in [2.45, 2.75) is 26.8 Å². The average molecular weight is 491 g/mol. The highest BCUT2D eigenvalue weighted by molar-refractivity contribution is 6.31. The fraction of sp³-hybridized carbons (Fsp3) is 0.192. The van der Waals surface area contributed by atoms with Gasteiger partial charge in [-0.3, -0.25) is 24.3 Å². The number of fused-ring (bicyclic) bond motifs is 1. The maximum Gasteiger partial charge on any atom is 0.273 e. The SMILES string of the molecule is Cc1ccc(-n2c(C(C)N(C)C(=O)c3ccc(C)c([N+](=O)[O-])c3)nc3cc(Cl)ccc3c2=O)cc1. The topological polar surface area (TPSA) is 98.3 Å². The Morgan fingerprint density at radius 3 is 2.43 bits per heavy atom. The molecule has 0 aliphatic heterocycles. The molecule has 0 bridgehead atoms. The van der Waals surface area contributed by atoms with Crippen molar-refractivity contribution in [3.63, 3.8) is 0 Å². The number of amides is 1. The van der Waals surface area contributed by atoms with Crippen LogP contribution < -0.4 is 5.56 Å². The Morgan fingerprint density at radius 2 is 1.77 bits per heavy atom. The van der Waals surface area contributed by atoms with Crippen molar-refractivity contribution < 1.29 is 9.72 Å². The van der Waals surface area contributed by atoms with Crippen LogP contribution in [-0.2, 0) is 0 Å². The van der Waals surface area contributed by atoms with E-state index in [9.17, 15) is 19.7 Å². The van der Waals surface area contributed by atoms with Crippen molar-refractivity contribution in [2.75, 3.05) is 7.05 Å². The predicted octanol–water partition coefficient (Wildman–Crippen LogP) is 5.40. The van der Waals surface area contributed by atoms with Crippen molar-refractivity contribution in [3.05, 3.63) is 109 Å². The minimum absolute atomic E-state index is 0.132. The standard InChI is InChI=1S/C26H23ClN4O4/c1-15-5-10-20(11-6-15)30-24(28-22-14-19(27)9-12-21(22)26(30)33)17(3)29(4)25(32)18-8-7-16(2)23(13-18)31(34)35/h5-14,17H,1-4H3. The van der Waals surface area contributed by atoms with Gasteiger partial charge >= 0.3 is 0 Å². The van der Waals surface area contributed by atoms with Crippen molar-refractivity contribution in [1.29, 1.82) is 0 Å². The molecule has 1 atom stereocenters. The number of hydrogen-bond donors (Lipinski definition) is 0. The molecule has 0 N–H and O–H groups in total. The van der Waals surface area contributed by atoms with Gasteiger partial charge in [0, 0.05) is 29.3 Å². The summed E-state index contributed by atoms with van der Waals surface area (Å²) in [5.41, 5.74) is 2.27. The normalized spacial score (nSPS) is 11.9. The van der Waals surface area contributed by atoms with Gasteiger partial charge in [-0.15, -0.1) is 0 Å². The Balaban J connectivity index is 1.86. The van der Waals surface area contributed by atoms with Crippen LogP contribution in [0.3, 0.4) is 0 Å². The molecule has 0 aliphatic carbocycles. The number of aryl methyl sites for hydroxylation is 2. The molecule has 178 valence electrons. The molecular formula is C26H23ClN4O4. The molecule has 4 aromatic rings. The van der Waals surface area contributed by atoms with Gasteiger partial charge in [0.05, 0.1) is 27.6 Å². The molecule has 1 aromatic heterocycles. The Morgan fingerprint density at radius 1 is 1.09 bits per heavy atom. The first-order valence-corrected chi connectivity index (χ1v) is 11.3. The summed E-state index contributed by atoms with van der Waals surface area (Å²) in [4.78, 5) is 43.9. The summed E-state index contributed by atoms with van der Waals surface area (Å²) in [5.74, 6) is -0.0948. The van der Waals surface area contributed by atoms with Crippen LogP contribution in [0, 0.1) is 24.0 Å². The molecule has 1 unspecified atom stereocenters. The summed E-state index contributed by atoms with van der Waals surface area (Å²) >= 11 is 6.15. The zero-order chi connectivity index (χ0) is 25.4. The van der Waals surface area contributed by atoms with Gasteiger partial charge in [-0.1, -0.05) is 35.4 Å². The molecule has 3 aromatic carbocycles. The Labute approximate surface area is 206 Å². The Hall–Kier alpha value is -4.04.